The van der Waals surface area contributed by atoms with E-state index in [0.29, 0.717) is 37.4 Å². The molecule has 0 aliphatic carbocycles. The van der Waals surface area contributed by atoms with Gasteiger partial charge in [0.2, 0.25) is 5.88 Å². The molecule has 0 radical (unpaired) electrons. The first-order valence-electron chi connectivity index (χ1n) is 11.1. The predicted octanol–water partition coefficient (Wildman–Crippen LogP) is 4.22. The third kappa shape index (κ3) is 6.66. The van der Waals surface area contributed by atoms with Crippen LogP contribution in [0.4, 0.5) is 25.1 Å². The molecule has 2 heterocycles. The molecule has 3 rings (SSSR count). The van der Waals surface area contributed by atoms with Crippen molar-refractivity contribution in [3.05, 3.63) is 35.7 Å². The minimum atomic E-state index is -0.717. The number of benzene rings is 1. The number of anilines is 2. The molecule has 1 fully saturated rings. The average Bonchev–Trinajstić information content (AvgIpc) is 2.79. The first-order valence-corrected chi connectivity index (χ1v) is 11.1. The van der Waals surface area contributed by atoms with Crippen molar-refractivity contribution in [1.29, 1.82) is 0 Å². The number of amides is 1. The molecule has 34 heavy (non-hydrogen) atoms. The summed E-state index contributed by atoms with van der Waals surface area (Å²) < 4.78 is 50.2. The summed E-state index contributed by atoms with van der Waals surface area (Å²) in [7, 11) is 1.49. The number of likely N-dealkylation sites (tertiary alicyclic amines) is 1. The van der Waals surface area contributed by atoms with Crippen LogP contribution in [0.25, 0.3) is 0 Å². The number of halogens is 2. The van der Waals surface area contributed by atoms with E-state index in [1.54, 1.807) is 11.8 Å². The lowest BCUT2D eigenvalue weighted by Gasteiger charge is -2.32. The van der Waals surface area contributed by atoms with E-state index in [-0.39, 0.29) is 48.8 Å². The van der Waals surface area contributed by atoms with E-state index in [1.165, 1.54) is 13.4 Å². The summed E-state index contributed by atoms with van der Waals surface area (Å²) in [5.41, 5.74) is 0.450. The Labute approximate surface area is 197 Å². The van der Waals surface area contributed by atoms with Crippen molar-refractivity contribution >= 4 is 17.6 Å². The van der Waals surface area contributed by atoms with Crippen molar-refractivity contribution in [2.45, 2.75) is 45.8 Å². The maximum atomic E-state index is 14.6. The summed E-state index contributed by atoms with van der Waals surface area (Å²) >= 11 is 0. The van der Waals surface area contributed by atoms with Gasteiger partial charge in [-0.25, -0.2) is 23.5 Å². The molecule has 1 saturated heterocycles. The van der Waals surface area contributed by atoms with E-state index in [4.69, 9.17) is 18.9 Å². The van der Waals surface area contributed by atoms with Crippen LogP contribution in [0.2, 0.25) is 0 Å². The zero-order chi connectivity index (χ0) is 24.7. The van der Waals surface area contributed by atoms with Gasteiger partial charge in [0, 0.05) is 45.2 Å². The average molecular weight is 481 g/mol. The van der Waals surface area contributed by atoms with Crippen molar-refractivity contribution < 1.29 is 32.5 Å². The normalized spacial score (nSPS) is 14.3. The second-order valence-corrected chi connectivity index (χ2v) is 8.12. The van der Waals surface area contributed by atoms with Gasteiger partial charge >= 0.3 is 6.09 Å². The van der Waals surface area contributed by atoms with Crippen LogP contribution in [0.5, 0.6) is 11.6 Å². The smallest absolute Gasteiger partial charge is 0.410 e. The third-order valence-corrected chi connectivity index (χ3v) is 5.17. The maximum absolute atomic E-state index is 14.6. The Morgan fingerprint density at radius 3 is 2.59 bits per heavy atom. The Morgan fingerprint density at radius 1 is 1.18 bits per heavy atom. The molecule has 0 saturated carbocycles. The summed E-state index contributed by atoms with van der Waals surface area (Å²) in [5.74, 6) is -0.997. The van der Waals surface area contributed by atoms with Gasteiger partial charge in [-0.05, 0) is 20.8 Å². The summed E-state index contributed by atoms with van der Waals surface area (Å²) in [6.45, 7) is 6.71. The van der Waals surface area contributed by atoms with Crippen LogP contribution in [-0.4, -0.2) is 66.6 Å². The summed E-state index contributed by atoms with van der Waals surface area (Å²) in [4.78, 5) is 22.0. The lowest BCUT2D eigenvalue weighted by Crippen LogP contribution is -2.42. The third-order valence-electron chi connectivity index (χ3n) is 5.17. The molecule has 1 aliphatic heterocycles. The van der Waals surface area contributed by atoms with Gasteiger partial charge in [-0.1, -0.05) is 0 Å². The number of carbonyl (C=O) groups is 1. The molecule has 2 aromatic rings. The molecular formula is C23H30F2N4O5. The van der Waals surface area contributed by atoms with Gasteiger partial charge in [0.25, 0.3) is 0 Å². The van der Waals surface area contributed by atoms with E-state index in [2.05, 4.69) is 15.3 Å². The minimum absolute atomic E-state index is 0.0960. The second kappa shape index (κ2) is 11.8. The highest BCUT2D eigenvalue weighted by molar-refractivity contribution is 5.68. The molecular weight excluding hydrogens is 450 g/mol. The first-order chi connectivity index (χ1) is 16.3. The van der Waals surface area contributed by atoms with E-state index >= 15 is 0 Å². The SMILES string of the molecule is COCCOc1cc(F)c(Nc2ncnc(OC3CCN(C(=O)OC(C)C)CC3)c2C)cc1F. The van der Waals surface area contributed by atoms with Gasteiger partial charge in [0.1, 0.15) is 24.9 Å². The lowest BCUT2D eigenvalue weighted by atomic mass is 10.1. The van der Waals surface area contributed by atoms with Gasteiger partial charge in [0.15, 0.2) is 17.4 Å². The quantitative estimate of drug-likeness (QED) is 0.533. The number of rotatable bonds is 9. The van der Waals surface area contributed by atoms with Crippen LogP contribution < -0.4 is 14.8 Å². The standard InChI is InChI=1S/C23H30F2N4O5/c1-14(2)33-23(30)29-7-5-16(6-8-29)34-22-15(3)21(26-13-27-22)28-19-11-18(25)20(12-17(19)24)32-10-9-31-4/h11-14,16H,5-10H2,1-4H3,(H,26,27,28). The Kier molecular flexibility index (Phi) is 8.80. The zero-order valence-electron chi connectivity index (χ0n) is 19.8. The van der Waals surface area contributed by atoms with Crippen LogP contribution in [0.1, 0.15) is 32.3 Å². The predicted molar refractivity (Wildman–Crippen MR) is 121 cm³/mol. The fraction of sp³-hybridized carbons (Fsp3) is 0.522. The molecule has 11 heteroatoms. The Bertz CT molecular complexity index is 984. The highest BCUT2D eigenvalue weighted by Gasteiger charge is 2.26. The van der Waals surface area contributed by atoms with Crippen LogP contribution in [0.3, 0.4) is 0 Å². The summed E-state index contributed by atoms with van der Waals surface area (Å²) in [6, 6.07) is 1.98. The van der Waals surface area contributed by atoms with Gasteiger partial charge in [-0.3, -0.25) is 0 Å². The highest BCUT2D eigenvalue weighted by atomic mass is 19.1. The van der Waals surface area contributed by atoms with Gasteiger partial charge in [-0.15, -0.1) is 0 Å². The van der Waals surface area contributed by atoms with Crippen molar-refractivity contribution in [2.24, 2.45) is 0 Å². The van der Waals surface area contributed by atoms with Crippen LogP contribution in [0, 0.1) is 18.6 Å². The zero-order valence-corrected chi connectivity index (χ0v) is 19.8. The van der Waals surface area contributed by atoms with Crippen molar-refractivity contribution in [3.8, 4) is 11.6 Å². The number of carbonyl (C=O) groups excluding carboxylic acids is 1. The molecule has 0 spiro atoms. The molecule has 1 aliphatic rings. The molecule has 1 aromatic carbocycles. The van der Waals surface area contributed by atoms with Crippen LogP contribution in [0.15, 0.2) is 18.5 Å². The van der Waals surface area contributed by atoms with Gasteiger partial charge < -0.3 is 29.2 Å². The summed E-state index contributed by atoms with van der Waals surface area (Å²) in [6.07, 6.45) is 1.86. The van der Waals surface area contributed by atoms with E-state index in [9.17, 15) is 13.6 Å². The largest absolute Gasteiger partial charge is 0.488 e. The number of piperidine rings is 1. The van der Waals surface area contributed by atoms with Crippen molar-refractivity contribution in [1.82, 2.24) is 14.9 Å². The molecule has 0 atom stereocenters. The van der Waals surface area contributed by atoms with Crippen molar-refractivity contribution in [2.75, 3.05) is 38.7 Å². The molecule has 1 amide bonds. The molecule has 0 bridgehead atoms. The number of hydrogen-bond acceptors (Lipinski definition) is 8. The van der Waals surface area contributed by atoms with Gasteiger partial charge in [-0.2, -0.15) is 0 Å². The molecule has 186 valence electrons. The molecule has 9 nitrogen and oxygen atoms in total. The Morgan fingerprint density at radius 2 is 1.91 bits per heavy atom. The van der Waals surface area contributed by atoms with Crippen molar-refractivity contribution in [3.63, 3.8) is 0 Å². The monoisotopic (exact) mass is 480 g/mol. The molecule has 1 aromatic heterocycles. The first kappa shape index (κ1) is 25.4. The Hall–Kier alpha value is -3.21. The number of ether oxygens (including phenoxy) is 4. The summed E-state index contributed by atoms with van der Waals surface area (Å²) in [5, 5.41) is 2.80. The fourth-order valence-electron chi connectivity index (χ4n) is 3.37. The second-order valence-electron chi connectivity index (χ2n) is 8.12. The number of hydrogen-bond donors (Lipinski definition) is 1. The number of aromatic nitrogens is 2. The highest BCUT2D eigenvalue weighted by Crippen LogP contribution is 2.30. The Balaban J connectivity index is 1.63. The number of methoxy groups -OCH3 is 1. The maximum Gasteiger partial charge on any atom is 0.410 e. The molecule has 1 N–H and O–H groups in total. The number of nitrogens with zero attached hydrogens (tertiary/aromatic N) is 3. The van der Waals surface area contributed by atoms with E-state index < -0.39 is 11.6 Å². The number of nitrogens with one attached hydrogen (secondary N) is 1. The lowest BCUT2D eigenvalue weighted by molar-refractivity contribution is 0.0505. The van der Waals surface area contributed by atoms with E-state index in [1.807, 2.05) is 13.8 Å². The van der Waals surface area contributed by atoms with Crippen LogP contribution >= 0.6 is 0 Å². The minimum Gasteiger partial charge on any atom is -0.488 e. The van der Waals surface area contributed by atoms with Crippen LogP contribution in [-0.2, 0) is 9.47 Å². The molecule has 0 unspecified atom stereocenters. The van der Waals surface area contributed by atoms with E-state index in [0.717, 1.165) is 12.1 Å². The van der Waals surface area contributed by atoms with Gasteiger partial charge in [0.05, 0.1) is 24.0 Å². The fourth-order valence-corrected chi connectivity index (χ4v) is 3.37. The topological polar surface area (TPSA) is 95.0 Å².